The van der Waals surface area contributed by atoms with Crippen molar-refractivity contribution in [3.8, 4) is 0 Å². The van der Waals surface area contributed by atoms with Crippen molar-refractivity contribution in [1.29, 1.82) is 0 Å². The maximum Gasteiger partial charge on any atom is 0.309 e. The van der Waals surface area contributed by atoms with Crippen molar-refractivity contribution < 1.29 is 9.53 Å². The number of ether oxygens (including phenoxy) is 1. The molecule has 3 nitrogen and oxygen atoms in total. The molecule has 0 bridgehead atoms. The minimum atomic E-state index is -0.0341. The highest BCUT2D eigenvalue weighted by Gasteiger charge is 2.38. The van der Waals surface area contributed by atoms with Crippen molar-refractivity contribution in [2.45, 2.75) is 38.9 Å². The van der Waals surface area contributed by atoms with Crippen molar-refractivity contribution >= 4 is 18.4 Å². The van der Waals surface area contributed by atoms with E-state index in [2.05, 4.69) is 53.4 Å². The summed E-state index contributed by atoms with van der Waals surface area (Å²) in [5.41, 5.74) is 2.63. The van der Waals surface area contributed by atoms with Crippen LogP contribution in [0.1, 0.15) is 30.9 Å². The summed E-state index contributed by atoms with van der Waals surface area (Å²) in [6.45, 7) is 4.16. The summed E-state index contributed by atoms with van der Waals surface area (Å²) in [5.74, 6) is 0.0390. The van der Waals surface area contributed by atoms with E-state index in [9.17, 15) is 4.79 Å². The molecule has 3 rings (SSSR count). The van der Waals surface area contributed by atoms with Gasteiger partial charge in [-0.3, -0.25) is 9.69 Å². The van der Waals surface area contributed by atoms with Crippen molar-refractivity contribution in [1.82, 2.24) is 4.90 Å². The Morgan fingerprint density at radius 3 is 1.88 bits per heavy atom. The van der Waals surface area contributed by atoms with Crippen LogP contribution in [0.4, 0.5) is 0 Å². The average molecular weight is 360 g/mol. The van der Waals surface area contributed by atoms with Gasteiger partial charge in [-0.05, 0) is 30.9 Å². The molecule has 2 aromatic carbocycles. The maximum atomic E-state index is 11.9. The number of esters is 1. The molecule has 0 unspecified atom stereocenters. The topological polar surface area (TPSA) is 29.5 Å². The van der Waals surface area contributed by atoms with Crippen molar-refractivity contribution in [3.05, 3.63) is 71.8 Å². The highest BCUT2D eigenvalue weighted by Crippen LogP contribution is 2.34. The van der Waals surface area contributed by atoms with Crippen LogP contribution in [0.5, 0.6) is 0 Å². The first-order valence-corrected chi connectivity index (χ1v) is 8.74. The van der Waals surface area contributed by atoms with Crippen LogP contribution in [0.25, 0.3) is 0 Å². The fraction of sp³-hybridized carbons (Fsp3) is 0.381. The van der Waals surface area contributed by atoms with E-state index in [0.717, 1.165) is 25.9 Å². The van der Waals surface area contributed by atoms with Gasteiger partial charge in [-0.2, -0.15) is 0 Å². The van der Waals surface area contributed by atoms with Crippen LogP contribution in [0.2, 0.25) is 0 Å². The molecule has 0 saturated heterocycles. The number of rotatable bonds is 7. The fourth-order valence-electron chi connectivity index (χ4n) is 3.29. The molecular formula is C21H26ClNO2. The van der Waals surface area contributed by atoms with Gasteiger partial charge in [-0.25, -0.2) is 0 Å². The van der Waals surface area contributed by atoms with Crippen molar-refractivity contribution in [2.75, 3.05) is 6.61 Å². The Morgan fingerprint density at radius 1 is 0.960 bits per heavy atom. The first-order chi connectivity index (χ1) is 11.8. The highest BCUT2D eigenvalue weighted by molar-refractivity contribution is 5.85. The summed E-state index contributed by atoms with van der Waals surface area (Å²) in [6.07, 6.45) is 1.80. The minimum absolute atomic E-state index is 0. The van der Waals surface area contributed by atoms with E-state index in [4.69, 9.17) is 4.74 Å². The summed E-state index contributed by atoms with van der Waals surface area (Å²) >= 11 is 0. The van der Waals surface area contributed by atoms with E-state index >= 15 is 0 Å². The van der Waals surface area contributed by atoms with Crippen LogP contribution < -0.4 is 0 Å². The number of carbonyl (C=O) groups excluding carboxylic acids is 1. The smallest absolute Gasteiger partial charge is 0.309 e. The van der Waals surface area contributed by atoms with Gasteiger partial charge in [-0.1, -0.05) is 60.7 Å². The molecule has 1 aliphatic carbocycles. The second kappa shape index (κ2) is 9.59. The third-order valence-electron chi connectivity index (χ3n) is 4.71. The third-order valence-corrected chi connectivity index (χ3v) is 4.71. The molecule has 0 spiro atoms. The molecular weight excluding hydrogens is 334 g/mol. The summed E-state index contributed by atoms with van der Waals surface area (Å²) in [6, 6.07) is 21.5. The number of halogens is 1. The highest BCUT2D eigenvalue weighted by atomic mass is 35.5. The second-order valence-electron chi connectivity index (χ2n) is 6.45. The lowest BCUT2D eigenvalue weighted by molar-refractivity contribution is -0.153. The average Bonchev–Trinajstić information content (AvgIpc) is 2.55. The molecule has 134 valence electrons. The monoisotopic (exact) mass is 359 g/mol. The molecule has 2 aromatic rings. The van der Waals surface area contributed by atoms with Crippen LogP contribution in [-0.4, -0.2) is 23.5 Å². The Labute approximate surface area is 156 Å². The lowest BCUT2D eigenvalue weighted by atomic mass is 9.79. The Morgan fingerprint density at radius 2 is 1.44 bits per heavy atom. The van der Waals surface area contributed by atoms with Gasteiger partial charge in [0.25, 0.3) is 0 Å². The van der Waals surface area contributed by atoms with E-state index in [1.54, 1.807) is 0 Å². The fourth-order valence-corrected chi connectivity index (χ4v) is 3.29. The van der Waals surface area contributed by atoms with Gasteiger partial charge >= 0.3 is 5.97 Å². The van der Waals surface area contributed by atoms with Crippen LogP contribution >= 0.6 is 12.4 Å². The third kappa shape index (κ3) is 5.32. The normalized spacial score (nSPS) is 19.0. The van der Waals surface area contributed by atoms with Crippen LogP contribution in [0.15, 0.2) is 60.7 Å². The summed E-state index contributed by atoms with van der Waals surface area (Å²) in [5, 5.41) is 0. The number of benzene rings is 2. The molecule has 0 N–H and O–H groups in total. The van der Waals surface area contributed by atoms with Crippen LogP contribution in [-0.2, 0) is 22.6 Å². The Hall–Kier alpha value is -1.84. The molecule has 0 amide bonds. The van der Waals surface area contributed by atoms with Crippen molar-refractivity contribution in [3.63, 3.8) is 0 Å². The molecule has 1 fully saturated rings. The zero-order valence-electron chi connectivity index (χ0n) is 14.6. The number of carbonyl (C=O) groups is 1. The second-order valence-corrected chi connectivity index (χ2v) is 6.45. The Bertz CT molecular complexity index is 600. The van der Waals surface area contributed by atoms with E-state index in [0.29, 0.717) is 12.6 Å². The minimum Gasteiger partial charge on any atom is -0.466 e. The van der Waals surface area contributed by atoms with Gasteiger partial charge in [-0.15, -0.1) is 12.4 Å². The van der Waals surface area contributed by atoms with E-state index in [-0.39, 0.29) is 24.3 Å². The molecule has 1 aliphatic rings. The number of hydrogen-bond donors (Lipinski definition) is 0. The Balaban J connectivity index is 0.00000225. The van der Waals surface area contributed by atoms with Crippen LogP contribution in [0.3, 0.4) is 0 Å². The molecule has 0 radical (unpaired) electrons. The van der Waals surface area contributed by atoms with Crippen LogP contribution in [0, 0.1) is 5.92 Å². The van der Waals surface area contributed by atoms with Gasteiger partial charge in [0.05, 0.1) is 12.5 Å². The maximum absolute atomic E-state index is 11.9. The zero-order chi connectivity index (χ0) is 16.8. The SMILES string of the molecule is CCOC(=O)C1CC(N(Cc2ccccc2)Cc2ccccc2)C1.Cl. The predicted octanol–water partition coefficient (Wildman–Crippen LogP) is 4.45. The summed E-state index contributed by atoms with van der Waals surface area (Å²) in [4.78, 5) is 14.4. The lowest BCUT2D eigenvalue weighted by Crippen LogP contribution is -2.46. The van der Waals surface area contributed by atoms with Crippen molar-refractivity contribution in [2.24, 2.45) is 5.92 Å². The molecule has 0 heterocycles. The quantitative estimate of drug-likeness (QED) is 0.684. The molecule has 1 saturated carbocycles. The van der Waals surface area contributed by atoms with E-state index in [1.165, 1.54) is 11.1 Å². The zero-order valence-corrected chi connectivity index (χ0v) is 15.5. The van der Waals surface area contributed by atoms with E-state index < -0.39 is 0 Å². The van der Waals surface area contributed by atoms with E-state index in [1.807, 2.05) is 19.1 Å². The molecule has 4 heteroatoms. The predicted molar refractivity (Wildman–Crippen MR) is 103 cm³/mol. The molecule has 0 atom stereocenters. The largest absolute Gasteiger partial charge is 0.466 e. The van der Waals surface area contributed by atoms with Gasteiger partial charge in [0.1, 0.15) is 0 Å². The van der Waals surface area contributed by atoms with Gasteiger partial charge in [0, 0.05) is 19.1 Å². The summed E-state index contributed by atoms with van der Waals surface area (Å²) in [7, 11) is 0. The van der Waals surface area contributed by atoms with Gasteiger partial charge in [0.2, 0.25) is 0 Å². The van der Waals surface area contributed by atoms with Gasteiger partial charge < -0.3 is 4.74 Å². The first kappa shape index (κ1) is 19.5. The standard InChI is InChI=1S/C21H25NO2.ClH/c1-2-24-21(23)19-13-20(14-19)22(15-17-9-5-3-6-10-17)16-18-11-7-4-8-12-18;/h3-12,19-20H,2,13-16H2,1H3;1H. The first-order valence-electron chi connectivity index (χ1n) is 8.74. The van der Waals surface area contributed by atoms with Gasteiger partial charge in [0.15, 0.2) is 0 Å². The summed E-state index contributed by atoms with van der Waals surface area (Å²) < 4.78 is 5.15. The number of nitrogens with zero attached hydrogens (tertiary/aromatic N) is 1. The molecule has 0 aliphatic heterocycles. The Kier molecular flexibility index (Phi) is 7.48. The molecule has 0 aromatic heterocycles. The lowest BCUT2D eigenvalue weighted by Gasteiger charge is -2.42. The number of hydrogen-bond acceptors (Lipinski definition) is 3. The molecule has 25 heavy (non-hydrogen) atoms.